The molecule has 1 aromatic carbocycles. The summed E-state index contributed by atoms with van der Waals surface area (Å²) in [4.78, 5) is 6.24. The van der Waals surface area contributed by atoms with Crippen molar-refractivity contribution < 1.29 is 21.6 Å². The number of alkyl halides is 3. The molecule has 1 fully saturated rings. The molecule has 1 unspecified atom stereocenters. The first-order valence-electron chi connectivity index (χ1n) is 8.60. The van der Waals surface area contributed by atoms with Gasteiger partial charge in [-0.2, -0.15) is 13.2 Å². The predicted octanol–water partition coefficient (Wildman–Crippen LogP) is 1.49. The normalized spacial score (nSPS) is 19.3. The lowest BCUT2D eigenvalue weighted by atomic mass is 10.1. The zero-order valence-corrected chi connectivity index (χ0v) is 16.2. The Morgan fingerprint density at radius 3 is 2.52 bits per heavy atom. The first kappa shape index (κ1) is 21.5. The third-order valence-corrected chi connectivity index (χ3v) is 5.24. The molecule has 1 heterocycles. The molecular formula is C17H25F3N4O2S. The number of nitrogens with one attached hydrogen (secondary N) is 2. The number of halogens is 3. The summed E-state index contributed by atoms with van der Waals surface area (Å²) in [6, 6.07) is 5.37. The van der Waals surface area contributed by atoms with Crippen molar-refractivity contribution in [1.29, 1.82) is 0 Å². The van der Waals surface area contributed by atoms with E-state index in [-0.39, 0.29) is 18.3 Å². The van der Waals surface area contributed by atoms with Gasteiger partial charge in [0, 0.05) is 45.5 Å². The zero-order chi connectivity index (χ0) is 20.1. The number of guanidine groups is 1. The van der Waals surface area contributed by atoms with Crippen molar-refractivity contribution >= 4 is 15.8 Å². The largest absolute Gasteiger partial charge is 0.416 e. The van der Waals surface area contributed by atoms with Crippen molar-refractivity contribution in [2.24, 2.45) is 4.99 Å². The highest BCUT2D eigenvalue weighted by molar-refractivity contribution is 7.90. The smallest absolute Gasteiger partial charge is 0.355 e. The lowest BCUT2D eigenvalue weighted by Crippen LogP contribution is -2.45. The fourth-order valence-electron chi connectivity index (χ4n) is 2.89. The average molecular weight is 406 g/mol. The predicted molar refractivity (Wildman–Crippen MR) is 99.3 cm³/mol. The highest BCUT2D eigenvalue weighted by Crippen LogP contribution is 2.29. The van der Waals surface area contributed by atoms with Crippen LogP contribution in [0.1, 0.15) is 17.5 Å². The van der Waals surface area contributed by atoms with E-state index in [0.717, 1.165) is 37.2 Å². The number of aliphatic imine (C=N–C) groups is 1. The van der Waals surface area contributed by atoms with Gasteiger partial charge in [-0.25, -0.2) is 8.42 Å². The van der Waals surface area contributed by atoms with Crippen molar-refractivity contribution in [2.75, 3.05) is 38.7 Å². The van der Waals surface area contributed by atoms with Gasteiger partial charge in [-0.15, -0.1) is 0 Å². The second-order valence-electron chi connectivity index (χ2n) is 6.69. The SMILES string of the molecule is CN=C(NCCS(C)(=O)=O)NC1CCN(Cc2ccc(C(F)(F)F)cc2)C1. The third kappa shape index (κ3) is 7.37. The van der Waals surface area contributed by atoms with Crippen LogP contribution in [0.4, 0.5) is 13.2 Å². The van der Waals surface area contributed by atoms with E-state index in [1.807, 2.05) is 0 Å². The van der Waals surface area contributed by atoms with Crippen LogP contribution in [-0.2, 0) is 22.6 Å². The molecular weight excluding hydrogens is 381 g/mol. The summed E-state index contributed by atoms with van der Waals surface area (Å²) in [6.07, 6.45) is -2.27. The molecule has 1 atom stereocenters. The van der Waals surface area contributed by atoms with E-state index in [4.69, 9.17) is 0 Å². The van der Waals surface area contributed by atoms with Gasteiger partial charge in [-0.05, 0) is 24.1 Å². The Morgan fingerprint density at radius 1 is 1.30 bits per heavy atom. The molecule has 0 bridgehead atoms. The van der Waals surface area contributed by atoms with Gasteiger partial charge in [0.25, 0.3) is 0 Å². The van der Waals surface area contributed by atoms with Gasteiger partial charge < -0.3 is 10.6 Å². The van der Waals surface area contributed by atoms with Crippen LogP contribution < -0.4 is 10.6 Å². The van der Waals surface area contributed by atoms with E-state index in [1.54, 1.807) is 7.05 Å². The van der Waals surface area contributed by atoms with Crippen LogP contribution in [0.15, 0.2) is 29.3 Å². The molecule has 2 N–H and O–H groups in total. The average Bonchev–Trinajstić information content (AvgIpc) is 2.99. The zero-order valence-electron chi connectivity index (χ0n) is 15.4. The molecule has 0 saturated carbocycles. The van der Waals surface area contributed by atoms with E-state index in [0.29, 0.717) is 12.5 Å². The Hall–Kier alpha value is -1.81. The molecule has 6 nitrogen and oxygen atoms in total. The standard InChI is InChI=1S/C17H25F3N4O2S/c1-21-16(22-8-10-27(2,25)26)23-15-7-9-24(12-15)11-13-3-5-14(6-4-13)17(18,19)20/h3-6,15H,7-12H2,1-2H3,(H2,21,22,23). The second-order valence-corrected chi connectivity index (χ2v) is 8.95. The molecule has 1 saturated heterocycles. The minimum absolute atomic E-state index is 0.0262. The topological polar surface area (TPSA) is 73.8 Å². The van der Waals surface area contributed by atoms with Crippen LogP contribution in [-0.4, -0.2) is 64.0 Å². The van der Waals surface area contributed by atoms with E-state index in [9.17, 15) is 21.6 Å². The van der Waals surface area contributed by atoms with Crippen LogP contribution >= 0.6 is 0 Å². The van der Waals surface area contributed by atoms with Crippen molar-refractivity contribution in [3.8, 4) is 0 Å². The summed E-state index contributed by atoms with van der Waals surface area (Å²) in [5, 5.41) is 6.22. The maximum atomic E-state index is 12.6. The van der Waals surface area contributed by atoms with Crippen molar-refractivity contribution in [1.82, 2.24) is 15.5 Å². The van der Waals surface area contributed by atoms with Gasteiger partial charge in [0.05, 0.1) is 11.3 Å². The highest BCUT2D eigenvalue weighted by atomic mass is 32.2. The quantitative estimate of drug-likeness (QED) is 0.553. The fourth-order valence-corrected chi connectivity index (χ4v) is 3.37. The first-order valence-corrected chi connectivity index (χ1v) is 10.7. The Bertz CT molecular complexity index is 748. The summed E-state index contributed by atoms with van der Waals surface area (Å²) in [6.45, 7) is 2.41. The molecule has 0 amide bonds. The maximum Gasteiger partial charge on any atom is 0.416 e. The van der Waals surface area contributed by atoms with Gasteiger partial charge >= 0.3 is 6.18 Å². The van der Waals surface area contributed by atoms with E-state index < -0.39 is 21.6 Å². The summed E-state index contributed by atoms with van der Waals surface area (Å²) in [7, 11) is -1.42. The van der Waals surface area contributed by atoms with Crippen molar-refractivity contribution in [3.63, 3.8) is 0 Å². The molecule has 1 aliphatic rings. The van der Waals surface area contributed by atoms with Gasteiger partial charge in [0.15, 0.2) is 5.96 Å². The monoisotopic (exact) mass is 406 g/mol. The summed E-state index contributed by atoms with van der Waals surface area (Å²) in [5.41, 5.74) is 0.190. The van der Waals surface area contributed by atoms with E-state index in [1.165, 1.54) is 18.4 Å². The number of sulfone groups is 1. The lowest BCUT2D eigenvalue weighted by molar-refractivity contribution is -0.137. The number of benzene rings is 1. The number of rotatable bonds is 6. The molecule has 1 aromatic rings. The molecule has 2 rings (SSSR count). The van der Waals surface area contributed by atoms with Crippen molar-refractivity contribution in [2.45, 2.75) is 25.2 Å². The van der Waals surface area contributed by atoms with Gasteiger partial charge in [0.2, 0.25) is 0 Å². The lowest BCUT2D eigenvalue weighted by Gasteiger charge is -2.19. The van der Waals surface area contributed by atoms with Crippen LogP contribution in [0, 0.1) is 0 Å². The van der Waals surface area contributed by atoms with Crippen LogP contribution in [0.3, 0.4) is 0 Å². The fraction of sp³-hybridized carbons (Fsp3) is 0.588. The minimum Gasteiger partial charge on any atom is -0.355 e. The Morgan fingerprint density at radius 2 is 1.96 bits per heavy atom. The second kappa shape index (κ2) is 8.92. The van der Waals surface area contributed by atoms with Gasteiger partial charge in [-0.3, -0.25) is 9.89 Å². The van der Waals surface area contributed by atoms with E-state index >= 15 is 0 Å². The van der Waals surface area contributed by atoms with E-state index in [2.05, 4.69) is 20.5 Å². The molecule has 27 heavy (non-hydrogen) atoms. The molecule has 1 aliphatic heterocycles. The maximum absolute atomic E-state index is 12.6. The molecule has 0 aromatic heterocycles. The van der Waals surface area contributed by atoms with Gasteiger partial charge in [-0.1, -0.05) is 12.1 Å². The summed E-state index contributed by atoms with van der Waals surface area (Å²) < 4.78 is 60.2. The molecule has 10 heteroatoms. The van der Waals surface area contributed by atoms with Crippen LogP contribution in [0.5, 0.6) is 0 Å². The molecule has 152 valence electrons. The Kier molecular flexibility index (Phi) is 7.10. The number of hydrogen-bond acceptors (Lipinski definition) is 4. The van der Waals surface area contributed by atoms with Crippen LogP contribution in [0.25, 0.3) is 0 Å². The number of likely N-dealkylation sites (tertiary alicyclic amines) is 1. The third-order valence-electron chi connectivity index (χ3n) is 4.29. The molecule has 0 aliphatic carbocycles. The number of hydrogen-bond donors (Lipinski definition) is 2. The number of nitrogens with zero attached hydrogens (tertiary/aromatic N) is 2. The molecule has 0 spiro atoms. The van der Waals surface area contributed by atoms with Crippen LogP contribution in [0.2, 0.25) is 0 Å². The Labute approximate surface area is 157 Å². The van der Waals surface area contributed by atoms with Gasteiger partial charge in [0.1, 0.15) is 9.84 Å². The van der Waals surface area contributed by atoms with Crippen molar-refractivity contribution in [3.05, 3.63) is 35.4 Å². The Balaban J connectivity index is 1.80. The minimum atomic E-state index is -4.32. The molecule has 0 radical (unpaired) electrons. The summed E-state index contributed by atoms with van der Waals surface area (Å²) in [5.74, 6) is 0.568. The first-order chi connectivity index (χ1) is 12.6. The summed E-state index contributed by atoms with van der Waals surface area (Å²) >= 11 is 0. The highest BCUT2D eigenvalue weighted by Gasteiger charge is 2.30.